The summed E-state index contributed by atoms with van der Waals surface area (Å²) in [6.45, 7) is 0. The van der Waals surface area contributed by atoms with Crippen LogP contribution in [0, 0.1) is 11.2 Å². The summed E-state index contributed by atoms with van der Waals surface area (Å²) in [5.41, 5.74) is -1.44. The zero-order valence-corrected chi connectivity index (χ0v) is 25.7. The number of ether oxygens (including phenoxy) is 1. The van der Waals surface area contributed by atoms with Crippen molar-refractivity contribution >= 4 is 46.7 Å². The standard InChI is InChI=1S/C33H36Cl2FN3O4/c1-43-29(42)30-12-15-31(16-13-30,17-14-30)39-27(40)26-24(20-6-5-7-22(35)25(20)36)33(32(38-26)10-3-2-4-11-32)21-9-8-19(34)18-23(21)37-28(33)41/h5-9,18,24,26,38H,2-4,10-17H2,1H3,(H,37,41)(H,39,40)/t24-,26+,30?,31?,33+/m0/s1. The van der Waals surface area contributed by atoms with Crippen LogP contribution in [0.5, 0.6) is 0 Å². The molecule has 4 aliphatic carbocycles. The van der Waals surface area contributed by atoms with Crippen LogP contribution in [-0.4, -0.2) is 42.0 Å². The van der Waals surface area contributed by atoms with E-state index < -0.39 is 39.7 Å². The Labute approximate surface area is 260 Å². The first-order valence-electron chi connectivity index (χ1n) is 15.3. The van der Waals surface area contributed by atoms with Crippen molar-refractivity contribution in [2.75, 3.05) is 12.4 Å². The molecule has 2 spiro atoms. The average Bonchev–Trinajstić information content (AvgIpc) is 3.46. The third-order valence-corrected chi connectivity index (χ3v) is 12.1. The summed E-state index contributed by atoms with van der Waals surface area (Å²) in [5, 5.41) is 10.6. The number of carbonyl (C=O) groups is 3. The minimum absolute atomic E-state index is 0.0524. The largest absolute Gasteiger partial charge is 0.469 e. The Morgan fingerprint density at radius 3 is 2.35 bits per heavy atom. The maximum Gasteiger partial charge on any atom is 0.311 e. The van der Waals surface area contributed by atoms with Crippen LogP contribution in [0.15, 0.2) is 36.4 Å². The van der Waals surface area contributed by atoms with Crippen LogP contribution in [-0.2, 0) is 24.5 Å². The summed E-state index contributed by atoms with van der Waals surface area (Å²) in [5.74, 6) is -2.17. The molecule has 8 rings (SSSR count). The van der Waals surface area contributed by atoms with E-state index in [1.54, 1.807) is 24.3 Å². The Morgan fingerprint density at radius 2 is 1.67 bits per heavy atom. The number of rotatable bonds is 4. The molecule has 2 heterocycles. The first-order valence-corrected chi connectivity index (χ1v) is 16.1. The zero-order chi connectivity index (χ0) is 30.2. The molecule has 1 saturated heterocycles. The smallest absolute Gasteiger partial charge is 0.311 e. The summed E-state index contributed by atoms with van der Waals surface area (Å²) < 4.78 is 21.2. The molecule has 0 radical (unpaired) electrons. The van der Waals surface area contributed by atoms with Crippen molar-refractivity contribution in [3.05, 3.63) is 63.4 Å². The minimum atomic E-state index is -1.27. The molecule has 2 amide bonds. The number of benzene rings is 2. The molecule has 7 nitrogen and oxygen atoms in total. The molecule has 3 N–H and O–H groups in total. The zero-order valence-electron chi connectivity index (χ0n) is 24.2. The number of carbonyl (C=O) groups excluding carboxylic acids is 3. The van der Waals surface area contributed by atoms with Crippen LogP contribution in [0.25, 0.3) is 0 Å². The Morgan fingerprint density at radius 1 is 0.977 bits per heavy atom. The molecule has 43 heavy (non-hydrogen) atoms. The highest BCUT2D eigenvalue weighted by atomic mass is 35.5. The third-order valence-electron chi connectivity index (χ3n) is 11.6. The lowest BCUT2D eigenvalue weighted by molar-refractivity contribution is -0.161. The lowest BCUT2D eigenvalue weighted by Crippen LogP contribution is -2.62. The number of amides is 2. The fraction of sp³-hybridized carbons (Fsp3) is 0.545. The predicted molar refractivity (Wildman–Crippen MR) is 162 cm³/mol. The van der Waals surface area contributed by atoms with E-state index in [-0.39, 0.29) is 28.4 Å². The highest BCUT2D eigenvalue weighted by Crippen LogP contribution is 2.63. The molecule has 6 aliphatic rings. The number of fused-ring (bicyclic) bond motifs is 6. The van der Waals surface area contributed by atoms with Gasteiger partial charge in [0.1, 0.15) is 11.2 Å². The van der Waals surface area contributed by atoms with Crippen molar-refractivity contribution < 1.29 is 23.5 Å². The van der Waals surface area contributed by atoms with Gasteiger partial charge in [0.05, 0.1) is 23.6 Å². The van der Waals surface area contributed by atoms with Gasteiger partial charge in [0, 0.05) is 27.7 Å². The van der Waals surface area contributed by atoms with Gasteiger partial charge in [-0.15, -0.1) is 0 Å². The van der Waals surface area contributed by atoms with Gasteiger partial charge in [-0.2, -0.15) is 0 Å². The molecule has 0 aromatic heterocycles. The van der Waals surface area contributed by atoms with Crippen molar-refractivity contribution in [3.63, 3.8) is 0 Å². The van der Waals surface area contributed by atoms with E-state index in [2.05, 4.69) is 16.0 Å². The fourth-order valence-corrected chi connectivity index (χ4v) is 9.81. The molecule has 2 bridgehead atoms. The number of hydrogen-bond donors (Lipinski definition) is 3. The van der Waals surface area contributed by atoms with E-state index in [9.17, 15) is 14.4 Å². The normalized spacial score (nSPS) is 33.8. The van der Waals surface area contributed by atoms with E-state index in [0.717, 1.165) is 24.8 Å². The predicted octanol–water partition coefficient (Wildman–Crippen LogP) is 6.16. The van der Waals surface area contributed by atoms with E-state index in [1.165, 1.54) is 13.2 Å². The number of halogens is 3. The van der Waals surface area contributed by atoms with Gasteiger partial charge in [0.25, 0.3) is 0 Å². The maximum absolute atomic E-state index is 16.1. The van der Waals surface area contributed by atoms with Gasteiger partial charge in [0.15, 0.2) is 0 Å². The minimum Gasteiger partial charge on any atom is -0.469 e. The molecule has 2 aromatic rings. The first-order chi connectivity index (χ1) is 20.6. The number of methoxy groups -OCH3 is 1. The molecule has 2 aromatic carbocycles. The van der Waals surface area contributed by atoms with Crippen LogP contribution >= 0.6 is 23.2 Å². The second-order valence-corrected chi connectivity index (χ2v) is 14.2. The summed E-state index contributed by atoms with van der Waals surface area (Å²) >= 11 is 12.7. The number of hydrogen-bond acceptors (Lipinski definition) is 5. The fourth-order valence-electron chi connectivity index (χ4n) is 9.45. The van der Waals surface area contributed by atoms with E-state index in [4.69, 9.17) is 27.9 Å². The van der Waals surface area contributed by atoms with E-state index >= 15 is 4.39 Å². The molecule has 4 saturated carbocycles. The molecule has 228 valence electrons. The van der Waals surface area contributed by atoms with Crippen LogP contribution in [0.3, 0.4) is 0 Å². The van der Waals surface area contributed by atoms with Crippen molar-refractivity contribution in [1.29, 1.82) is 0 Å². The maximum atomic E-state index is 16.1. The van der Waals surface area contributed by atoms with Crippen LogP contribution in [0.1, 0.15) is 87.7 Å². The monoisotopic (exact) mass is 627 g/mol. The molecular formula is C33H36Cl2FN3O4. The summed E-state index contributed by atoms with van der Waals surface area (Å²) in [6.07, 6.45) is 8.03. The van der Waals surface area contributed by atoms with Crippen LogP contribution in [0.2, 0.25) is 10.0 Å². The van der Waals surface area contributed by atoms with Crippen LogP contribution in [0.4, 0.5) is 10.1 Å². The van der Waals surface area contributed by atoms with Gasteiger partial charge >= 0.3 is 5.97 Å². The number of nitrogens with one attached hydrogen (secondary N) is 3. The van der Waals surface area contributed by atoms with Crippen molar-refractivity contribution in [2.45, 2.75) is 99.1 Å². The summed E-state index contributed by atoms with van der Waals surface area (Å²) in [6, 6.07) is 9.27. The molecule has 5 fully saturated rings. The Bertz CT molecular complexity index is 1500. The van der Waals surface area contributed by atoms with Crippen LogP contribution < -0.4 is 16.0 Å². The van der Waals surface area contributed by atoms with Gasteiger partial charge in [-0.25, -0.2) is 4.39 Å². The SMILES string of the molecule is COC(=O)C12CCC(NC(=O)[C@@H]3NC4(CCCCC4)[C@@]4(C(=O)Nc5cc(Cl)ccc54)[C@H]3c3cccc(Cl)c3F)(CC1)CC2. The lowest BCUT2D eigenvalue weighted by atomic mass is 9.55. The van der Waals surface area contributed by atoms with Gasteiger partial charge in [-0.3, -0.25) is 19.7 Å². The second-order valence-electron chi connectivity index (χ2n) is 13.4. The number of esters is 1. The quantitative estimate of drug-likeness (QED) is 0.353. The third kappa shape index (κ3) is 4.05. The van der Waals surface area contributed by atoms with E-state index in [1.807, 2.05) is 6.07 Å². The lowest BCUT2D eigenvalue weighted by Gasteiger charge is -2.52. The van der Waals surface area contributed by atoms with Crippen molar-refractivity contribution in [1.82, 2.24) is 10.6 Å². The molecule has 3 atom stereocenters. The Hall–Kier alpha value is -2.68. The van der Waals surface area contributed by atoms with Gasteiger partial charge in [-0.1, -0.05) is 60.7 Å². The Kier molecular flexibility index (Phi) is 6.88. The first kappa shape index (κ1) is 29.1. The average molecular weight is 629 g/mol. The molecular weight excluding hydrogens is 592 g/mol. The summed E-state index contributed by atoms with van der Waals surface area (Å²) in [4.78, 5) is 41.7. The Balaban J connectivity index is 1.35. The van der Waals surface area contributed by atoms with Gasteiger partial charge < -0.3 is 15.4 Å². The summed E-state index contributed by atoms with van der Waals surface area (Å²) in [7, 11) is 1.43. The van der Waals surface area contributed by atoms with Crippen molar-refractivity contribution in [3.8, 4) is 0 Å². The molecule has 0 unspecified atom stereocenters. The highest BCUT2D eigenvalue weighted by Gasteiger charge is 2.72. The molecule has 2 aliphatic heterocycles. The van der Waals surface area contributed by atoms with Gasteiger partial charge in [0.2, 0.25) is 11.8 Å². The molecule has 10 heteroatoms. The van der Waals surface area contributed by atoms with E-state index in [0.29, 0.717) is 62.1 Å². The highest BCUT2D eigenvalue weighted by molar-refractivity contribution is 6.31. The topological polar surface area (TPSA) is 96.5 Å². The van der Waals surface area contributed by atoms with Gasteiger partial charge in [-0.05, 0) is 80.7 Å². The van der Waals surface area contributed by atoms with Crippen molar-refractivity contribution in [2.24, 2.45) is 5.41 Å². The second kappa shape index (κ2) is 10.2. The number of anilines is 1.